The molecule has 1 heterocycles. The Labute approximate surface area is 134 Å². The summed E-state index contributed by atoms with van der Waals surface area (Å²) in [5.74, 6) is 0.345. The lowest BCUT2D eigenvalue weighted by Crippen LogP contribution is -2.57. The number of amides is 2. The minimum atomic E-state index is -0.326. The van der Waals surface area contributed by atoms with Crippen LogP contribution in [0.25, 0.3) is 0 Å². The van der Waals surface area contributed by atoms with E-state index in [1.807, 2.05) is 32.6 Å². The van der Waals surface area contributed by atoms with Gasteiger partial charge < -0.3 is 10.2 Å². The lowest BCUT2D eigenvalue weighted by molar-refractivity contribution is -0.142. The molecule has 5 heteroatoms. The van der Waals surface area contributed by atoms with Gasteiger partial charge in [-0.2, -0.15) is 0 Å². The second-order valence-corrected chi connectivity index (χ2v) is 7.74. The number of hydrogen-bond donors (Lipinski definition) is 1. The maximum atomic E-state index is 12.3. The van der Waals surface area contributed by atoms with Gasteiger partial charge in [-0.25, -0.2) is 0 Å². The predicted octanol–water partition coefficient (Wildman–Crippen LogP) is 1.62. The van der Waals surface area contributed by atoms with Crippen LogP contribution in [-0.4, -0.2) is 59.9 Å². The van der Waals surface area contributed by atoms with E-state index in [0.717, 1.165) is 39.0 Å². The van der Waals surface area contributed by atoms with E-state index >= 15 is 0 Å². The average molecular weight is 309 g/mol. The van der Waals surface area contributed by atoms with E-state index in [9.17, 15) is 9.59 Å². The Morgan fingerprint density at radius 3 is 2.09 bits per heavy atom. The number of nitrogens with zero attached hydrogens (tertiary/aromatic N) is 2. The van der Waals surface area contributed by atoms with Crippen LogP contribution in [0.15, 0.2) is 0 Å². The summed E-state index contributed by atoms with van der Waals surface area (Å²) in [4.78, 5) is 28.7. The van der Waals surface area contributed by atoms with Gasteiger partial charge in [-0.15, -0.1) is 0 Å². The summed E-state index contributed by atoms with van der Waals surface area (Å²) < 4.78 is 0. The third-order valence-corrected chi connectivity index (χ3v) is 4.87. The van der Waals surface area contributed by atoms with Crippen molar-refractivity contribution in [3.63, 3.8) is 0 Å². The summed E-state index contributed by atoms with van der Waals surface area (Å²) in [7, 11) is 0. The molecular formula is C17H31N3O2. The van der Waals surface area contributed by atoms with Crippen LogP contribution in [0, 0.1) is 5.41 Å². The largest absolute Gasteiger partial charge is 0.352 e. The van der Waals surface area contributed by atoms with Gasteiger partial charge in [0, 0.05) is 37.6 Å². The molecule has 1 saturated heterocycles. The first-order valence-corrected chi connectivity index (χ1v) is 8.63. The second-order valence-electron chi connectivity index (χ2n) is 7.74. The zero-order chi connectivity index (χ0) is 16.3. The molecule has 0 radical (unpaired) electrons. The third-order valence-electron chi connectivity index (χ3n) is 4.87. The van der Waals surface area contributed by atoms with Crippen LogP contribution in [0.1, 0.15) is 53.4 Å². The van der Waals surface area contributed by atoms with Crippen molar-refractivity contribution in [2.45, 2.75) is 65.5 Å². The van der Waals surface area contributed by atoms with Crippen LogP contribution in [0.2, 0.25) is 0 Å². The molecule has 0 aromatic rings. The van der Waals surface area contributed by atoms with Crippen molar-refractivity contribution in [1.29, 1.82) is 0 Å². The molecule has 1 aliphatic carbocycles. The molecule has 2 fully saturated rings. The topological polar surface area (TPSA) is 52.7 Å². The van der Waals surface area contributed by atoms with Gasteiger partial charge in [0.1, 0.15) is 0 Å². The van der Waals surface area contributed by atoms with Gasteiger partial charge in [0.15, 0.2) is 0 Å². The SMILES string of the molecule is CC(C(=O)NC1CCCC1)N1CCN(C(=O)C(C)(C)C)CC1. The molecule has 0 aromatic heterocycles. The molecule has 1 aliphatic heterocycles. The molecule has 22 heavy (non-hydrogen) atoms. The van der Waals surface area contributed by atoms with E-state index in [0.29, 0.717) is 6.04 Å². The van der Waals surface area contributed by atoms with Gasteiger partial charge in [0.25, 0.3) is 0 Å². The molecule has 1 atom stereocenters. The Morgan fingerprint density at radius 2 is 1.59 bits per heavy atom. The lowest BCUT2D eigenvalue weighted by atomic mass is 9.94. The summed E-state index contributed by atoms with van der Waals surface area (Å²) in [5, 5.41) is 3.17. The van der Waals surface area contributed by atoms with Crippen molar-refractivity contribution in [1.82, 2.24) is 15.1 Å². The number of carbonyl (C=O) groups excluding carboxylic acids is 2. The first-order chi connectivity index (χ1) is 10.3. The highest BCUT2D eigenvalue weighted by atomic mass is 16.2. The summed E-state index contributed by atoms with van der Waals surface area (Å²) in [5.41, 5.74) is -0.326. The fourth-order valence-corrected chi connectivity index (χ4v) is 3.34. The molecule has 1 unspecified atom stereocenters. The number of nitrogens with one attached hydrogen (secondary N) is 1. The maximum absolute atomic E-state index is 12.3. The quantitative estimate of drug-likeness (QED) is 0.862. The minimum absolute atomic E-state index is 0.104. The van der Waals surface area contributed by atoms with Gasteiger partial charge in [-0.1, -0.05) is 33.6 Å². The molecular weight excluding hydrogens is 278 g/mol. The van der Waals surface area contributed by atoms with Gasteiger partial charge in [-0.3, -0.25) is 14.5 Å². The number of carbonyl (C=O) groups is 2. The van der Waals surface area contributed by atoms with Gasteiger partial charge >= 0.3 is 0 Å². The van der Waals surface area contributed by atoms with Crippen LogP contribution in [0.3, 0.4) is 0 Å². The minimum Gasteiger partial charge on any atom is -0.352 e. The number of rotatable bonds is 3. The predicted molar refractivity (Wildman–Crippen MR) is 87.5 cm³/mol. The molecule has 0 bridgehead atoms. The monoisotopic (exact) mass is 309 g/mol. The Hall–Kier alpha value is -1.10. The van der Waals surface area contributed by atoms with Crippen LogP contribution in [-0.2, 0) is 9.59 Å². The third kappa shape index (κ3) is 4.22. The fraction of sp³-hybridized carbons (Fsp3) is 0.882. The van der Waals surface area contributed by atoms with E-state index in [2.05, 4.69) is 10.2 Å². The van der Waals surface area contributed by atoms with Crippen molar-refractivity contribution in [2.24, 2.45) is 5.41 Å². The van der Waals surface area contributed by atoms with E-state index in [1.54, 1.807) is 0 Å². The van der Waals surface area contributed by atoms with Crippen LogP contribution in [0.4, 0.5) is 0 Å². The van der Waals surface area contributed by atoms with E-state index in [4.69, 9.17) is 0 Å². The van der Waals surface area contributed by atoms with Gasteiger partial charge in [-0.05, 0) is 19.8 Å². The highest BCUT2D eigenvalue weighted by Crippen LogP contribution is 2.20. The van der Waals surface area contributed by atoms with Crippen molar-refractivity contribution < 1.29 is 9.59 Å². The molecule has 2 aliphatic rings. The molecule has 0 aromatic carbocycles. The van der Waals surface area contributed by atoms with Crippen molar-refractivity contribution in [3.05, 3.63) is 0 Å². The first-order valence-electron chi connectivity index (χ1n) is 8.63. The molecule has 5 nitrogen and oxygen atoms in total. The highest BCUT2D eigenvalue weighted by molar-refractivity contribution is 5.82. The number of piperazine rings is 1. The molecule has 1 N–H and O–H groups in total. The lowest BCUT2D eigenvalue weighted by Gasteiger charge is -2.39. The first kappa shape index (κ1) is 17.3. The molecule has 126 valence electrons. The van der Waals surface area contributed by atoms with E-state index < -0.39 is 0 Å². The molecule has 1 saturated carbocycles. The smallest absolute Gasteiger partial charge is 0.237 e. The average Bonchev–Trinajstić information content (AvgIpc) is 2.97. The molecule has 2 rings (SSSR count). The van der Waals surface area contributed by atoms with Crippen molar-refractivity contribution in [2.75, 3.05) is 26.2 Å². The molecule has 0 spiro atoms. The number of hydrogen-bond acceptors (Lipinski definition) is 3. The van der Waals surface area contributed by atoms with Crippen LogP contribution < -0.4 is 5.32 Å². The maximum Gasteiger partial charge on any atom is 0.237 e. The fourth-order valence-electron chi connectivity index (χ4n) is 3.34. The van der Waals surface area contributed by atoms with Gasteiger partial charge in [0.05, 0.1) is 6.04 Å². The van der Waals surface area contributed by atoms with Gasteiger partial charge in [0.2, 0.25) is 11.8 Å². The highest BCUT2D eigenvalue weighted by Gasteiger charge is 2.32. The van der Waals surface area contributed by atoms with Crippen molar-refractivity contribution >= 4 is 11.8 Å². The summed E-state index contributed by atoms with van der Waals surface area (Å²) in [6, 6.07) is 0.270. The molecule has 2 amide bonds. The van der Waals surface area contributed by atoms with Crippen LogP contribution >= 0.6 is 0 Å². The summed E-state index contributed by atoms with van der Waals surface area (Å²) >= 11 is 0. The summed E-state index contributed by atoms with van der Waals surface area (Å²) in [6.07, 6.45) is 4.69. The van der Waals surface area contributed by atoms with E-state index in [-0.39, 0.29) is 23.3 Å². The van der Waals surface area contributed by atoms with Crippen LogP contribution in [0.5, 0.6) is 0 Å². The van der Waals surface area contributed by atoms with Crippen molar-refractivity contribution in [3.8, 4) is 0 Å². The Bertz CT molecular complexity index is 403. The second kappa shape index (κ2) is 6.99. The van der Waals surface area contributed by atoms with E-state index in [1.165, 1.54) is 12.8 Å². The zero-order valence-corrected chi connectivity index (χ0v) is 14.5. The Balaban J connectivity index is 1.80. The summed E-state index contributed by atoms with van der Waals surface area (Å²) in [6.45, 7) is 10.8. The zero-order valence-electron chi connectivity index (χ0n) is 14.5. The standard InChI is InChI=1S/C17H31N3O2/c1-13(15(21)18-14-7-5-6-8-14)19-9-11-20(12-10-19)16(22)17(2,3)4/h13-14H,5-12H2,1-4H3,(H,18,21). The Kier molecular flexibility index (Phi) is 5.48. The normalized spacial score (nSPS) is 22.6. The Morgan fingerprint density at radius 1 is 1.05 bits per heavy atom.